The van der Waals surface area contributed by atoms with Gasteiger partial charge in [0.2, 0.25) is 0 Å². The van der Waals surface area contributed by atoms with Gasteiger partial charge in [-0.2, -0.15) is 0 Å². The van der Waals surface area contributed by atoms with Gasteiger partial charge in [0.05, 0.1) is 12.8 Å². The first kappa shape index (κ1) is 23.6. The van der Waals surface area contributed by atoms with Gasteiger partial charge in [-0.3, -0.25) is 0 Å². The number of nitrogens with one attached hydrogen (secondary N) is 1. The summed E-state index contributed by atoms with van der Waals surface area (Å²) in [5, 5.41) is 12.3. The number of hydrogen-bond acceptors (Lipinski definition) is 5. The first-order chi connectivity index (χ1) is 14.8. The van der Waals surface area contributed by atoms with Gasteiger partial charge in [0.25, 0.3) is 0 Å². The van der Waals surface area contributed by atoms with Crippen LogP contribution in [0.3, 0.4) is 0 Å². The van der Waals surface area contributed by atoms with Gasteiger partial charge in [0.1, 0.15) is 18.1 Å². The second-order valence-corrected chi connectivity index (χ2v) is 7.81. The minimum absolute atomic E-state index is 0. The van der Waals surface area contributed by atoms with Crippen molar-refractivity contribution in [1.82, 2.24) is 25.0 Å². The van der Waals surface area contributed by atoms with Crippen molar-refractivity contribution in [3.8, 4) is 5.75 Å². The molecule has 0 radical (unpaired) electrons. The zero-order valence-corrected chi connectivity index (χ0v) is 20.9. The molecule has 3 heterocycles. The van der Waals surface area contributed by atoms with Gasteiger partial charge in [-0.05, 0) is 31.9 Å². The summed E-state index contributed by atoms with van der Waals surface area (Å²) >= 11 is 0. The number of rotatable bonds is 5. The Morgan fingerprint density at radius 2 is 1.87 bits per heavy atom. The molecule has 1 aromatic heterocycles. The molecule has 0 atom stereocenters. The van der Waals surface area contributed by atoms with E-state index in [0.29, 0.717) is 6.54 Å². The zero-order valence-electron chi connectivity index (χ0n) is 18.6. The number of aliphatic imine (C=N–C) groups is 1. The first-order valence-corrected chi connectivity index (χ1v) is 11.1. The normalized spacial score (nSPS) is 16.9. The molecular formula is C22H34IN7O. The third kappa shape index (κ3) is 5.61. The number of methoxy groups -OCH3 is 1. The molecule has 31 heavy (non-hydrogen) atoms. The van der Waals surface area contributed by atoms with Crippen molar-refractivity contribution in [2.24, 2.45) is 4.99 Å². The molecule has 0 saturated carbocycles. The Morgan fingerprint density at radius 3 is 2.65 bits per heavy atom. The highest BCUT2D eigenvalue weighted by atomic mass is 127. The molecule has 1 aromatic carbocycles. The summed E-state index contributed by atoms with van der Waals surface area (Å²) in [5.74, 6) is 3.99. The number of hydrogen-bond donors (Lipinski definition) is 1. The van der Waals surface area contributed by atoms with Crippen molar-refractivity contribution in [3.05, 3.63) is 35.9 Å². The number of para-hydroxylation sites is 2. The highest BCUT2D eigenvalue weighted by Crippen LogP contribution is 2.28. The van der Waals surface area contributed by atoms with E-state index in [9.17, 15) is 0 Å². The van der Waals surface area contributed by atoms with Crippen LogP contribution in [0.25, 0.3) is 0 Å². The summed E-state index contributed by atoms with van der Waals surface area (Å²) < 4.78 is 7.82. The van der Waals surface area contributed by atoms with Crippen LogP contribution in [-0.2, 0) is 19.5 Å². The molecule has 170 valence electrons. The minimum Gasteiger partial charge on any atom is -0.495 e. The van der Waals surface area contributed by atoms with Crippen LogP contribution in [0, 0.1) is 0 Å². The van der Waals surface area contributed by atoms with Gasteiger partial charge in [0.15, 0.2) is 11.8 Å². The number of benzene rings is 1. The predicted octanol–water partition coefficient (Wildman–Crippen LogP) is 2.92. The Labute approximate surface area is 202 Å². The van der Waals surface area contributed by atoms with Crippen LogP contribution in [0.5, 0.6) is 5.75 Å². The molecule has 1 fully saturated rings. The van der Waals surface area contributed by atoms with Gasteiger partial charge in [0, 0.05) is 45.7 Å². The van der Waals surface area contributed by atoms with E-state index >= 15 is 0 Å². The number of halogens is 1. The number of aryl methyl sites for hydroxylation is 1. The van der Waals surface area contributed by atoms with Crippen molar-refractivity contribution in [1.29, 1.82) is 0 Å². The van der Waals surface area contributed by atoms with E-state index in [1.807, 2.05) is 12.1 Å². The maximum atomic E-state index is 5.54. The average Bonchev–Trinajstić information content (AvgIpc) is 3.02. The lowest BCUT2D eigenvalue weighted by atomic mass is 10.2. The fourth-order valence-corrected chi connectivity index (χ4v) is 4.28. The van der Waals surface area contributed by atoms with E-state index in [2.05, 4.69) is 48.9 Å². The quantitative estimate of drug-likeness (QED) is 0.358. The molecule has 4 rings (SSSR count). The van der Waals surface area contributed by atoms with Crippen molar-refractivity contribution in [2.75, 3.05) is 44.7 Å². The molecule has 1 N–H and O–H groups in total. The number of guanidine groups is 1. The van der Waals surface area contributed by atoms with E-state index in [4.69, 9.17) is 9.73 Å². The Hall–Kier alpha value is -2.04. The Morgan fingerprint density at radius 1 is 1.06 bits per heavy atom. The Balaban J connectivity index is 0.00000272. The third-order valence-electron chi connectivity index (χ3n) is 5.90. The maximum absolute atomic E-state index is 5.54. The van der Waals surface area contributed by atoms with Gasteiger partial charge in [-0.25, -0.2) is 4.99 Å². The van der Waals surface area contributed by atoms with Crippen molar-refractivity contribution in [2.45, 2.75) is 45.7 Å². The Kier molecular flexibility index (Phi) is 8.79. The molecule has 9 heteroatoms. The SMILES string of the molecule is CCNC(=NCc1nnc2n1CCCCC2)N1CCN(c2ccccc2OC)CC1.I. The van der Waals surface area contributed by atoms with E-state index in [1.165, 1.54) is 19.3 Å². The highest BCUT2D eigenvalue weighted by Gasteiger charge is 2.22. The molecular weight excluding hydrogens is 505 g/mol. The van der Waals surface area contributed by atoms with E-state index in [0.717, 1.165) is 74.7 Å². The Bertz CT molecular complexity index is 861. The summed E-state index contributed by atoms with van der Waals surface area (Å²) in [6.45, 7) is 8.26. The van der Waals surface area contributed by atoms with Crippen LogP contribution in [0.15, 0.2) is 29.3 Å². The molecule has 2 aliphatic rings. The average molecular weight is 539 g/mol. The standard InChI is InChI=1S/C22H33N7O.HI/c1-3-23-22(24-17-21-26-25-20-11-5-4-8-12-29(20)21)28-15-13-27(14-16-28)18-9-6-7-10-19(18)30-2;/h6-7,9-10H,3-5,8,11-17H2,1-2H3,(H,23,24);1H. The molecule has 8 nitrogen and oxygen atoms in total. The van der Waals surface area contributed by atoms with E-state index in [-0.39, 0.29) is 24.0 Å². The third-order valence-corrected chi connectivity index (χ3v) is 5.90. The lowest BCUT2D eigenvalue weighted by Crippen LogP contribution is -2.52. The second kappa shape index (κ2) is 11.5. The van der Waals surface area contributed by atoms with Crippen LogP contribution >= 0.6 is 24.0 Å². The van der Waals surface area contributed by atoms with E-state index in [1.54, 1.807) is 7.11 Å². The largest absolute Gasteiger partial charge is 0.495 e. The smallest absolute Gasteiger partial charge is 0.194 e. The number of aromatic nitrogens is 3. The lowest BCUT2D eigenvalue weighted by Gasteiger charge is -2.38. The van der Waals surface area contributed by atoms with Crippen LogP contribution < -0.4 is 15.0 Å². The fraction of sp³-hybridized carbons (Fsp3) is 0.591. The van der Waals surface area contributed by atoms with Crippen LogP contribution in [0.4, 0.5) is 5.69 Å². The molecule has 0 amide bonds. The van der Waals surface area contributed by atoms with Crippen LogP contribution in [0.1, 0.15) is 37.8 Å². The molecule has 0 unspecified atom stereocenters. The zero-order chi connectivity index (χ0) is 20.8. The van der Waals surface area contributed by atoms with Gasteiger partial charge in [-0.15, -0.1) is 34.2 Å². The summed E-state index contributed by atoms with van der Waals surface area (Å²) in [6.07, 6.45) is 4.71. The molecule has 0 spiro atoms. The summed E-state index contributed by atoms with van der Waals surface area (Å²) in [7, 11) is 1.73. The molecule has 1 saturated heterocycles. The minimum atomic E-state index is 0. The maximum Gasteiger partial charge on any atom is 0.194 e. The molecule has 2 aromatic rings. The van der Waals surface area contributed by atoms with Gasteiger partial charge in [-0.1, -0.05) is 18.6 Å². The summed E-state index contributed by atoms with van der Waals surface area (Å²) in [5.41, 5.74) is 1.16. The predicted molar refractivity (Wildman–Crippen MR) is 135 cm³/mol. The number of fused-ring (bicyclic) bond motifs is 1. The summed E-state index contributed by atoms with van der Waals surface area (Å²) in [6, 6.07) is 8.23. The van der Waals surface area contributed by atoms with Crippen molar-refractivity contribution < 1.29 is 4.74 Å². The van der Waals surface area contributed by atoms with E-state index < -0.39 is 0 Å². The summed E-state index contributed by atoms with van der Waals surface area (Å²) in [4.78, 5) is 9.64. The van der Waals surface area contributed by atoms with Crippen molar-refractivity contribution >= 4 is 35.6 Å². The molecule has 0 bridgehead atoms. The highest BCUT2D eigenvalue weighted by molar-refractivity contribution is 14.0. The van der Waals surface area contributed by atoms with Gasteiger partial charge < -0.3 is 24.4 Å². The first-order valence-electron chi connectivity index (χ1n) is 11.1. The molecule has 0 aliphatic carbocycles. The lowest BCUT2D eigenvalue weighted by molar-refractivity contribution is 0.367. The topological polar surface area (TPSA) is 70.8 Å². The monoisotopic (exact) mass is 539 g/mol. The number of piperazine rings is 1. The number of ether oxygens (including phenoxy) is 1. The van der Waals surface area contributed by atoms with Crippen molar-refractivity contribution in [3.63, 3.8) is 0 Å². The van der Waals surface area contributed by atoms with Crippen LogP contribution in [-0.4, -0.2) is 65.5 Å². The number of anilines is 1. The number of nitrogens with zero attached hydrogens (tertiary/aromatic N) is 6. The second-order valence-electron chi connectivity index (χ2n) is 7.81. The van der Waals surface area contributed by atoms with Crippen LogP contribution in [0.2, 0.25) is 0 Å². The fourth-order valence-electron chi connectivity index (χ4n) is 4.28. The van der Waals surface area contributed by atoms with Gasteiger partial charge >= 0.3 is 0 Å². The molecule has 2 aliphatic heterocycles.